The van der Waals surface area contributed by atoms with Crippen molar-refractivity contribution in [2.24, 2.45) is 0 Å². The van der Waals surface area contributed by atoms with Gasteiger partial charge in [-0.05, 0) is 45.4 Å². The first-order chi connectivity index (χ1) is 16.3. The van der Waals surface area contributed by atoms with Crippen LogP contribution >= 0.6 is 0 Å². The van der Waals surface area contributed by atoms with Gasteiger partial charge in [0, 0.05) is 18.5 Å². The third-order valence-corrected chi connectivity index (χ3v) is 8.28. The molecule has 0 radical (unpaired) electrons. The summed E-state index contributed by atoms with van der Waals surface area (Å²) in [6, 6.07) is 2.88. The number of sulfone groups is 1. The van der Waals surface area contributed by atoms with Crippen molar-refractivity contribution < 1.29 is 17.9 Å². The summed E-state index contributed by atoms with van der Waals surface area (Å²) in [5, 5.41) is 18.3. The normalized spacial score (nSPS) is 18.6. The van der Waals surface area contributed by atoms with Gasteiger partial charge < -0.3 is 15.7 Å². The predicted molar refractivity (Wildman–Crippen MR) is 129 cm³/mol. The number of aliphatic hydroxyl groups is 1. The van der Waals surface area contributed by atoms with E-state index in [9.17, 15) is 17.9 Å². The molecule has 1 saturated heterocycles. The van der Waals surface area contributed by atoms with Gasteiger partial charge in [-0.15, -0.1) is 5.10 Å². The van der Waals surface area contributed by atoms with Crippen molar-refractivity contribution in [3.05, 3.63) is 41.2 Å². The summed E-state index contributed by atoms with van der Waals surface area (Å²) in [5.74, 6) is -0.402. The van der Waals surface area contributed by atoms with Crippen LogP contribution in [0.15, 0.2) is 18.3 Å². The van der Waals surface area contributed by atoms with E-state index in [1.54, 1.807) is 37.7 Å². The van der Waals surface area contributed by atoms with Crippen LogP contribution in [0.25, 0.3) is 16.6 Å². The highest BCUT2D eigenvalue weighted by Crippen LogP contribution is 2.32. The summed E-state index contributed by atoms with van der Waals surface area (Å²) in [6.07, 6.45) is 1.67. The quantitative estimate of drug-likeness (QED) is 0.425. The summed E-state index contributed by atoms with van der Waals surface area (Å²) in [5.41, 5.74) is 7.85. The van der Waals surface area contributed by atoms with Crippen molar-refractivity contribution in [2.45, 2.75) is 45.1 Å². The number of aromatic nitrogens is 6. The van der Waals surface area contributed by atoms with E-state index >= 15 is 0 Å². The summed E-state index contributed by atoms with van der Waals surface area (Å²) in [7, 11) is -3.56. The second-order valence-corrected chi connectivity index (χ2v) is 12.0. The fourth-order valence-corrected chi connectivity index (χ4v) is 6.01. The molecule has 0 amide bonds. The molecule has 5 rings (SSSR count). The van der Waals surface area contributed by atoms with Gasteiger partial charge in [0.25, 0.3) is 0 Å². The van der Waals surface area contributed by atoms with Crippen LogP contribution in [-0.2, 0) is 16.4 Å². The minimum Gasteiger partial charge on any atom is -0.389 e. The van der Waals surface area contributed by atoms with E-state index in [0.29, 0.717) is 29.6 Å². The molecule has 1 aliphatic rings. The van der Waals surface area contributed by atoms with Crippen molar-refractivity contribution in [3.63, 3.8) is 0 Å². The molecule has 0 spiro atoms. The Morgan fingerprint density at radius 2 is 2.00 bits per heavy atom. The van der Waals surface area contributed by atoms with Gasteiger partial charge in [0.2, 0.25) is 5.95 Å². The maximum absolute atomic E-state index is 14.3. The highest BCUT2D eigenvalue weighted by molar-refractivity contribution is 7.91. The number of fused-ring (bicyclic) bond motifs is 3. The van der Waals surface area contributed by atoms with Crippen LogP contribution < -0.4 is 10.6 Å². The number of nitrogen functional groups attached to an aromatic ring is 1. The maximum Gasteiger partial charge on any atom is 0.223 e. The summed E-state index contributed by atoms with van der Waals surface area (Å²) >= 11 is 0. The Labute approximate surface area is 201 Å². The van der Waals surface area contributed by atoms with E-state index in [1.807, 2.05) is 11.8 Å². The molecule has 1 atom stereocenters. The third-order valence-electron chi connectivity index (χ3n) is 6.30. The monoisotopic (exact) mass is 502 g/mol. The Morgan fingerprint density at radius 3 is 2.71 bits per heavy atom. The zero-order valence-corrected chi connectivity index (χ0v) is 20.7. The zero-order chi connectivity index (χ0) is 25.3. The number of rotatable bonds is 4. The molecule has 1 aromatic carbocycles. The number of hydrogen-bond acceptors (Lipinski definition) is 9. The smallest absolute Gasteiger partial charge is 0.223 e. The molecule has 3 aromatic heterocycles. The summed E-state index contributed by atoms with van der Waals surface area (Å²) in [6.45, 7) is 7.61. The van der Waals surface area contributed by atoms with Gasteiger partial charge in [0.15, 0.2) is 21.3 Å². The van der Waals surface area contributed by atoms with Gasteiger partial charge in [0.1, 0.15) is 11.1 Å². The molecule has 0 bridgehead atoms. The van der Waals surface area contributed by atoms with Crippen molar-refractivity contribution in [2.75, 3.05) is 29.5 Å². The molecule has 13 heteroatoms. The van der Waals surface area contributed by atoms with Crippen molar-refractivity contribution >= 4 is 38.0 Å². The Kier molecular flexibility index (Phi) is 5.25. The lowest BCUT2D eigenvalue weighted by Crippen LogP contribution is -2.43. The van der Waals surface area contributed by atoms with Gasteiger partial charge in [-0.1, -0.05) is 0 Å². The topological polar surface area (TPSA) is 145 Å². The zero-order valence-electron chi connectivity index (χ0n) is 19.9. The number of hydrogen-bond donors (Lipinski definition) is 2. The van der Waals surface area contributed by atoms with Crippen LogP contribution in [-0.4, -0.2) is 67.3 Å². The molecule has 0 aliphatic carbocycles. The number of anilines is 2. The number of halogens is 1. The fourth-order valence-electron chi connectivity index (χ4n) is 4.43. The van der Waals surface area contributed by atoms with E-state index in [2.05, 4.69) is 20.2 Å². The number of nitrogens with zero attached hydrogens (tertiary/aromatic N) is 7. The lowest BCUT2D eigenvalue weighted by atomic mass is 10.1. The Morgan fingerprint density at radius 1 is 1.26 bits per heavy atom. The van der Waals surface area contributed by atoms with Crippen molar-refractivity contribution in [1.29, 1.82) is 0 Å². The molecule has 4 heterocycles. The predicted octanol–water partition coefficient (Wildman–Crippen LogP) is 1.56. The largest absolute Gasteiger partial charge is 0.389 e. The van der Waals surface area contributed by atoms with Crippen molar-refractivity contribution in [3.8, 4) is 0 Å². The van der Waals surface area contributed by atoms with Crippen LogP contribution in [0.2, 0.25) is 0 Å². The Hall–Kier alpha value is -3.32. The molecule has 186 valence electrons. The van der Waals surface area contributed by atoms with Crippen LogP contribution in [0.4, 0.5) is 16.0 Å². The van der Waals surface area contributed by atoms with E-state index in [1.165, 1.54) is 10.6 Å². The fraction of sp³-hybridized carbons (Fsp3) is 0.455. The average molecular weight is 503 g/mol. The summed E-state index contributed by atoms with van der Waals surface area (Å²) in [4.78, 5) is 10.7. The van der Waals surface area contributed by atoms with Crippen LogP contribution in [0, 0.1) is 19.7 Å². The number of nitrogens with two attached hydrogens (primary N) is 1. The van der Waals surface area contributed by atoms with Crippen LogP contribution in [0.3, 0.4) is 0 Å². The highest BCUT2D eigenvalue weighted by Gasteiger charge is 2.38. The number of benzene rings is 1. The first kappa shape index (κ1) is 23.4. The molecular formula is C22H27FN8O3S. The van der Waals surface area contributed by atoms with Gasteiger partial charge in [-0.2, -0.15) is 9.61 Å². The standard InChI is InChI=1S/C22H27FN8O3S/c1-12-7-16-14(8-15(12)23)20-27-19(28-31(20)21(24)26-16)18-10-29(5-6-35(18,33)34)17-9-25-30(13(17)2)11-22(3,4)32/h7-9,18,32H,5-6,10-11H2,1-4H3,(H2,24,26). The minimum atomic E-state index is -3.56. The molecule has 1 unspecified atom stereocenters. The van der Waals surface area contributed by atoms with Gasteiger partial charge in [0.05, 0.1) is 41.0 Å². The average Bonchev–Trinajstić information content (AvgIpc) is 3.34. The maximum atomic E-state index is 14.3. The minimum absolute atomic E-state index is 0.0334. The molecule has 1 fully saturated rings. The van der Waals surface area contributed by atoms with E-state index in [-0.39, 0.29) is 29.7 Å². The molecular weight excluding hydrogens is 475 g/mol. The molecule has 1 aliphatic heterocycles. The number of aryl methyl sites for hydroxylation is 1. The van der Waals surface area contributed by atoms with Crippen LogP contribution in [0.5, 0.6) is 0 Å². The van der Waals surface area contributed by atoms with E-state index in [0.717, 1.165) is 11.4 Å². The lowest BCUT2D eigenvalue weighted by Gasteiger charge is -2.32. The SMILES string of the molecule is Cc1cc2nc(N)n3nc(C4CN(c5cnn(CC(C)(C)O)c5C)CCS4(=O)=O)nc3c2cc1F. The second-order valence-electron chi connectivity index (χ2n) is 9.68. The van der Waals surface area contributed by atoms with E-state index in [4.69, 9.17) is 5.73 Å². The first-order valence-electron chi connectivity index (χ1n) is 11.2. The van der Waals surface area contributed by atoms with Gasteiger partial charge in [-0.3, -0.25) is 4.68 Å². The summed E-state index contributed by atoms with van der Waals surface area (Å²) < 4.78 is 43.4. The van der Waals surface area contributed by atoms with Gasteiger partial charge >= 0.3 is 0 Å². The molecule has 35 heavy (non-hydrogen) atoms. The van der Waals surface area contributed by atoms with Crippen molar-refractivity contribution in [1.82, 2.24) is 29.4 Å². The second kappa shape index (κ2) is 7.85. The van der Waals surface area contributed by atoms with E-state index < -0.39 is 26.5 Å². The molecule has 3 N–H and O–H groups in total. The molecule has 0 saturated carbocycles. The van der Waals surface area contributed by atoms with Gasteiger partial charge in [-0.25, -0.2) is 22.8 Å². The lowest BCUT2D eigenvalue weighted by molar-refractivity contribution is 0.0571. The first-order valence-corrected chi connectivity index (χ1v) is 12.9. The Bertz CT molecular complexity index is 1570. The molecule has 4 aromatic rings. The third kappa shape index (κ3) is 4.08. The molecule has 11 nitrogen and oxygen atoms in total. The highest BCUT2D eigenvalue weighted by atomic mass is 32.2. The Balaban J connectivity index is 1.56. The van der Waals surface area contributed by atoms with Crippen LogP contribution in [0.1, 0.15) is 36.2 Å².